The average Bonchev–Trinajstić information content (AvgIpc) is 2.69. The molecular formula is C20H24N2O7. The predicted molar refractivity (Wildman–Crippen MR) is 104 cm³/mol. The molecule has 1 heterocycles. The van der Waals surface area contributed by atoms with Gasteiger partial charge in [-0.05, 0) is 26.0 Å². The molecule has 1 aliphatic heterocycles. The molecule has 0 fully saturated rings. The fraction of sp³-hybridized carbons (Fsp3) is 0.350. The zero-order valence-corrected chi connectivity index (χ0v) is 16.7. The topological polar surface area (TPSA) is 112 Å². The van der Waals surface area contributed by atoms with Crippen LogP contribution in [0.25, 0.3) is 6.08 Å². The van der Waals surface area contributed by atoms with E-state index in [9.17, 15) is 14.4 Å². The maximum absolute atomic E-state index is 12.2. The summed E-state index contributed by atoms with van der Waals surface area (Å²) < 4.78 is 20.7. The summed E-state index contributed by atoms with van der Waals surface area (Å²) in [6.07, 6.45) is 2.74. The molecule has 9 heteroatoms. The minimum atomic E-state index is -0.661. The average molecular weight is 404 g/mol. The van der Waals surface area contributed by atoms with E-state index >= 15 is 0 Å². The Morgan fingerprint density at radius 2 is 1.93 bits per heavy atom. The van der Waals surface area contributed by atoms with Crippen LogP contribution in [0.15, 0.2) is 35.5 Å². The molecule has 0 bridgehead atoms. The molecule has 0 saturated heterocycles. The monoisotopic (exact) mass is 404 g/mol. The Morgan fingerprint density at radius 3 is 2.59 bits per heavy atom. The largest absolute Gasteiger partial charge is 0.493 e. The van der Waals surface area contributed by atoms with Crippen molar-refractivity contribution in [1.29, 1.82) is 0 Å². The van der Waals surface area contributed by atoms with Gasteiger partial charge in [0.1, 0.15) is 6.61 Å². The summed E-state index contributed by atoms with van der Waals surface area (Å²) in [6.45, 7) is 3.21. The second-order valence-electron chi connectivity index (χ2n) is 5.96. The number of esters is 2. The Labute approximate surface area is 168 Å². The number of benzene rings is 1. The van der Waals surface area contributed by atoms with Gasteiger partial charge in [-0.3, -0.25) is 0 Å². The molecular weight excluding hydrogens is 380 g/mol. The first-order valence-electron chi connectivity index (χ1n) is 8.94. The van der Waals surface area contributed by atoms with Crippen LogP contribution in [-0.4, -0.2) is 51.4 Å². The maximum atomic E-state index is 12.2. The second kappa shape index (κ2) is 10.2. The molecule has 1 aliphatic rings. The van der Waals surface area contributed by atoms with E-state index in [1.165, 1.54) is 26.4 Å². The Hall–Kier alpha value is -3.49. The molecule has 0 aliphatic carbocycles. The highest BCUT2D eigenvalue weighted by molar-refractivity contribution is 5.95. The molecule has 156 valence electrons. The Balaban J connectivity index is 2.12. The minimum Gasteiger partial charge on any atom is -0.493 e. The smallest absolute Gasteiger partial charge is 0.338 e. The lowest BCUT2D eigenvalue weighted by Crippen LogP contribution is -2.50. The fourth-order valence-corrected chi connectivity index (χ4v) is 2.79. The zero-order valence-electron chi connectivity index (χ0n) is 16.7. The van der Waals surface area contributed by atoms with Crippen molar-refractivity contribution in [1.82, 2.24) is 10.6 Å². The van der Waals surface area contributed by atoms with E-state index in [-0.39, 0.29) is 24.5 Å². The lowest BCUT2D eigenvalue weighted by molar-refractivity contribution is -0.140. The van der Waals surface area contributed by atoms with Gasteiger partial charge in [-0.2, -0.15) is 0 Å². The number of carbonyl (C=O) groups excluding carboxylic acids is 3. The van der Waals surface area contributed by atoms with E-state index in [2.05, 4.69) is 10.6 Å². The summed E-state index contributed by atoms with van der Waals surface area (Å²) in [5.74, 6) is -0.245. The van der Waals surface area contributed by atoms with Crippen LogP contribution in [0.1, 0.15) is 19.4 Å². The molecule has 1 atom stereocenters. The van der Waals surface area contributed by atoms with Gasteiger partial charge in [0, 0.05) is 11.6 Å². The van der Waals surface area contributed by atoms with Crippen LogP contribution in [0.5, 0.6) is 11.5 Å². The number of urea groups is 1. The van der Waals surface area contributed by atoms with E-state index in [1.54, 1.807) is 32.0 Å². The third kappa shape index (κ3) is 5.50. The minimum absolute atomic E-state index is 0.181. The van der Waals surface area contributed by atoms with Gasteiger partial charge in [0.05, 0.1) is 38.1 Å². The standard InChI is InChI=1S/C20H24N2O7/c1-5-28-19(24)17-12(2)21-20(25)22-14(17)11-29-16(23)10-9-13-7-6-8-15(26-3)18(13)27-4/h6-10,12H,5,11H2,1-4H3,(H2,21,22,25). The van der Waals surface area contributed by atoms with E-state index in [0.29, 0.717) is 17.1 Å². The number of hydrogen-bond donors (Lipinski definition) is 2. The number of para-hydroxylation sites is 1. The first-order chi connectivity index (χ1) is 13.9. The molecule has 0 saturated carbocycles. The number of rotatable bonds is 8. The highest BCUT2D eigenvalue weighted by atomic mass is 16.5. The van der Waals surface area contributed by atoms with Crippen molar-refractivity contribution in [2.45, 2.75) is 19.9 Å². The predicted octanol–water partition coefficient (Wildman–Crippen LogP) is 1.78. The van der Waals surface area contributed by atoms with Crippen LogP contribution >= 0.6 is 0 Å². The molecule has 2 rings (SSSR count). The lowest BCUT2D eigenvalue weighted by Gasteiger charge is -2.26. The van der Waals surface area contributed by atoms with Gasteiger partial charge in [-0.15, -0.1) is 0 Å². The first kappa shape index (κ1) is 21.8. The van der Waals surface area contributed by atoms with Gasteiger partial charge in [-0.1, -0.05) is 12.1 Å². The second-order valence-corrected chi connectivity index (χ2v) is 5.96. The molecule has 1 unspecified atom stereocenters. The van der Waals surface area contributed by atoms with Gasteiger partial charge in [0.2, 0.25) is 0 Å². The Morgan fingerprint density at radius 1 is 1.17 bits per heavy atom. The Bertz CT molecular complexity index is 845. The number of amides is 2. The fourth-order valence-electron chi connectivity index (χ4n) is 2.79. The van der Waals surface area contributed by atoms with Crippen molar-refractivity contribution >= 4 is 24.0 Å². The number of carbonyl (C=O) groups is 3. The van der Waals surface area contributed by atoms with E-state index in [0.717, 1.165) is 0 Å². The number of hydrogen-bond acceptors (Lipinski definition) is 7. The Kier molecular flexibility index (Phi) is 7.64. The molecule has 9 nitrogen and oxygen atoms in total. The summed E-state index contributed by atoms with van der Waals surface area (Å²) in [5, 5.41) is 5.06. The zero-order chi connectivity index (χ0) is 21.4. The number of ether oxygens (including phenoxy) is 4. The molecule has 2 amide bonds. The van der Waals surface area contributed by atoms with Gasteiger partial charge in [-0.25, -0.2) is 14.4 Å². The van der Waals surface area contributed by atoms with E-state index in [1.807, 2.05) is 0 Å². The van der Waals surface area contributed by atoms with Crippen LogP contribution in [-0.2, 0) is 19.1 Å². The molecule has 2 N–H and O–H groups in total. The van der Waals surface area contributed by atoms with Crippen molar-refractivity contribution < 1.29 is 33.3 Å². The number of methoxy groups -OCH3 is 2. The van der Waals surface area contributed by atoms with E-state index < -0.39 is 24.0 Å². The van der Waals surface area contributed by atoms with Gasteiger partial charge in [0.25, 0.3) is 0 Å². The van der Waals surface area contributed by atoms with Crippen LogP contribution in [0.2, 0.25) is 0 Å². The van der Waals surface area contributed by atoms with Crippen LogP contribution in [0, 0.1) is 0 Å². The molecule has 29 heavy (non-hydrogen) atoms. The van der Waals surface area contributed by atoms with Crippen LogP contribution < -0.4 is 20.1 Å². The van der Waals surface area contributed by atoms with Crippen molar-refractivity contribution in [3.05, 3.63) is 41.1 Å². The maximum Gasteiger partial charge on any atom is 0.338 e. The summed E-state index contributed by atoms with van der Waals surface area (Å²) in [7, 11) is 3.01. The normalized spacial score (nSPS) is 16.1. The molecule has 0 radical (unpaired) electrons. The summed E-state index contributed by atoms with van der Waals surface area (Å²) in [6, 6.07) is 4.18. The highest BCUT2D eigenvalue weighted by Crippen LogP contribution is 2.31. The molecule has 0 spiro atoms. The van der Waals surface area contributed by atoms with E-state index in [4.69, 9.17) is 18.9 Å². The third-order valence-corrected chi connectivity index (χ3v) is 4.06. The molecule has 1 aromatic rings. The summed E-state index contributed by atoms with van der Waals surface area (Å²) in [4.78, 5) is 36.0. The van der Waals surface area contributed by atoms with Crippen molar-refractivity contribution in [3.63, 3.8) is 0 Å². The molecule has 1 aromatic carbocycles. The lowest BCUT2D eigenvalue weighted by atomic mass is 10.0. The van der Waals surface area contributed by atoms with Gasteiger partial charge in [0.15, 0.2) is 11.5 Å². The SMILES string of the molecule is CCOC(=O)C1=C(COC(=O)C=Cc2cccc(OC)c2OC)NC(=O)NC1C. The van der Waals surface area contributed by atoms with Crippen molar-refractivity contribution in [2.75, 3.05) is 27.4 Å². The third-order valence-electron chi connectivity index (χ3n) is 4.06. The van der Waals surface area contributed by atoms with Gasteiger partial charge < -0.3 is 29.6 Å². The highest BCUT2D eigenvalue weighted by Gasteiger charge is 2.30. The summed E-state index contributed by atoms with van der Waals surface area (Å²) >= 11 is 0. The quantitative estimate of drug-likeness (QED) is 0.502. The van der Waals surface area contributed by atoms with Crippen molar-refractivity contribution in [3.8, 4) is 11.5 Å². The number of nitrogens with one attached hydrogen (secondary N) is 2. The van der Waals surface area contributed by atoms with Gasteiger partial charge >= 0.3 is 18.0 Å². The molecule has 0 aromatic heterocycles. The van der Waals surface area contributed by atoms with Crippen LogP contribution in [0.4, 0.5) is 4.79 Å². The van der Waals surface area contributed by atoms with Crippen LogP contribution in [0.3, 0.4) is 0 Å². The van der Waals surface area contributed by atoms with Crippen molar-refractivity contribution in [2.24, 2.45) is 0 Å². The first-order valence-corrected chi connectivity index (χ1v) is 8.94. The summed E-state index contributed by atoms with van der Waals surface area (Å²) in [5.41, 5.74) is 1.01.